The third kappa shape index (κ3) is 2.64. The van der Waals surface area contributed by atoms with Crippen LogP contribution in [0.25, 0.3) is 11.1 Å². The number of hydrogen-bond acceptors (Lipinski definition) is 5. The Hall–Kier alpha value is -2.70. The minimum absolute atomic E-state index is 0.146. The second kappa shape index (κ2) is 5.90. The summed E-state index contributed by atoms with van der Waals surface area (Å²) in [5, 5.41) is 12.6. The van der Waals surface area contributed by atoms with E-state index in [4.69, 9.17) is 4.52 Å². The molecule has 2 aliphatic carbocycles. The van der Waals surface area contributed by atoms with Gasteiger partial charge in [-0.25, -0.2) is 4.98 Å². The summed E-state index contributed by atoms with van der Waals surface area (Å²) in [6, 6.07) is 1.93. The van der Waals surface area contributed by atoms with Gasteiger partial charge < -0.3 is 9.84 Å². The first-order valence-corrected chi connectivity index (χ1v) is 9.69. The summed E-state index contributed by atoms with van der Waals surface area (Å²) < 4.78 is 7.27. The summed E-state index contributed by atoms with van der Waals surface area (Å²) in [5.41, 5.74) is 5.02. The highest BCUT2D eigenvalue weighted by molar-refractivity contribution is 6.12. The topological polar surface area (TPSA) is 85.8 Å². The standard InChI is InChI=1S/C20H23N5O2/c1-10(2)17-16-13(9-15(11-7-8-11)21-20(16)27-24-17)19(26)22-18-12-5-4-6-14(12)23-25(18)3/h9-11H,4-8H2,1-3H3,(H,22,26). The van der Waals surface area contributed by atoms with Gasteiger partial charge in [-0.15, -0.1) is 0 Å². The average Bonchev–Trinajstić information content (AvgIpc) is 3.12. The zero-order valence-corrected chi connectivity index (χ0v) is 15.9. The van der Waals surface area contributed by atoms with Crippen LogP contribution in [0.1, 0.15) is 77.9 Å². The predicted octanol–water partition coefficient (Wildman–Crippen LogP) is 3.70. The van der Waals surface area contributed by atoms with Gasteiger partial charge in [0.2, 0.25) is 0 Å². The van der Waals surface area contributed by atoms with Gasteiger partial charge in [-0.2, -0.15) is 5.10 Å². The zero-order chi connectivity index (χ0) is 18.7. The number of nitrogens with zero attached hydrogens (tertiary/aromatic N) is 4. The van der Waals surface area contributed by atoms with Gasteiger partial charge in [0.25, 0.3) is 11.6 Å². The lowest BCUT2D eigenvalue weighted by Gasteiger charge is -2.10. The number of amides is 1. The normalized spacial score (nSPS) is 16.3. The molecule has 0 unspecified atom stereocenters. The van der Waals surface area contributed by atoms with E-state index in [0.29, 0.717) is 17.2 Å². The van der Waals surface area contributed by atoms with E-state index in [9.17, 15) is 4.79 Å². The van der Waals surface area contributed by atoms with Crippen molar-refractivity contribution in [3.63, 3.8) is 0 Å². The van der Waals surface area contributed by atoms with E-state index in [1.54, 1.807) is 4.68 Å². The molecule has 5 rings (SSSR count). The van der Waals surface area contributed by atoms with Crippen molar-refractivity contribution in [1.29, 1.82) is 0 Å². The molecule has 1 saturated carbocycles. The van der Waals surface area contributed by atoms with E-state index in [-0.39, 0.29) is 11.8 Å². The Morgan fingerprint density at radius 2 is 2.15 bits per heavy atom. The van der Waals surface area contributed by atoms with E-state index in [1.807, 2.05) is 27.0 Å². The molecule has 0 saturated heterocycles. The van der Waals surface area contributed by atoms with Gasteiger partial charge in [-0.05, 0) is 44.1 Å². The average molecular weight is 365 g/mol. The van der Waals surface area contributed by atoms with Crippen molar-refractivity contribution < 1.29 is 9.32 Å². The van der Waals surface area contributed by atoms with E-state index in [0.717, 1.165) is 66.0 Å². The molecule has 1 fully saturated rings. The maximum Gasteiger partial charge on any atom is 0.259 e. The fourth-order valence-electron chi connectivity index (χ4n) is 4.00. The van der Waals surface area contributed by atoms with Crippen molar-refractivity contribution in [2.45, 2.75) is 57.8 Å². The van der Waals surface area contributed by atoms with Gasteiger partial charge in [-0.3, -0.25) is 9.48 Å². The monoisotopic (exact) mass is 365 g/mol. The Labute approximate surface area is 157 Å². The molecule has 0 radical (unpaired) electrons. The number of carbonyl (C=O) groups excluding carboxylic acids is 1. The highest BCUT2D eigenvalue weighted by atomic mass is 16.5. The molecule has 3 aromatic heterocycles. The molecule has 140 valence electrons. The number of rotatable bonds is 4. The molecule has 0 spiro atoms. The summed E-state index contributed by atoms with van der Waals surface area (Å²) in [5.74, 6) is 1.22. The SMILES string of the molecule is CC(C)c1noc2nc(C3CC3)cc(C(=O)Nc3c4c(nn3C)CCC4)c12. The van der Waals surface area contributed by atoms with Gasteiger partial charge in [-0.1, -0.05) is 19.0 Å². The highest BCUT2D eigenvalue weighted by Gasteiger charge is 2.30. The molecule has 7 nitrogen and oxygen atoms in total. The van der Waals surface area contributed by atoms with Crippen LogP contribution >= 0.6 is 0 Å². The molecular formula is C20H23N5O2. The second-order valence-corrected chi connectivity index (χ2v) is 7.98. The second-order valence-electron chi connectivity index (χ2n) is 7.98. The van der Waals surface area contributed by atoms with Crippen LogP contribution in [-0.4, -0.2) is 25.8 Å². The zero-order valence-electron chi connectivity index (χ0n) is 15.9. The summed E-state index contributed by atoms with van der Waals surface area (Å²) >= 11 is 0. The lowest BCUT2D eigenvalue weighted by Crippen LogP contribution is -2.17. The van der Waals surface area contributed by atoms with Crippen molar-refractivity contribution in [3.05, 3.63) is 34.3 Å². The highest BCUT2D eigenvalue weighted by Crippen LogP contribution is 2.41. The molecule has 27 heavy (non-hydrogen) atoms. The van der Waals surface area contributed by atoms with Gasteiger partial charge in [0, 0.05) is 24.2 Å². The molecular weight excluding hydrogens is 342 g/mol. The minimum Gasteiger partial charge on any atom is -0.335 e. The number of pyridine rings is 1. The van der Waals surface area contributed by atoms with Crippen molar-refractivity contribution in [2.75, 3.05) is 5.32 Å². The Bertz CT molecular complexity index is 1060. The Kier molecular flexibility index (Phi) is 3.60. The van der Waals surface area contributed by atoms with Crippen LogP contribution < -0.4 is 5.32 Å². The molecule has 1 amide bonds. The predicted molar refractivity (Wildman–Crippen MR) is 101 cm³/mol. The molecule has 3 heterocycles. The smallest absolute Gasteiger partial charge is 0.259 e. The number of aryl methyl sites for hydroxylation is 2. The molecule has 0 aliphatic heterocycles. The third-order valence-corrected chi connectivity index (χ3v) is 5.58. The molecule has 3 aromatic rings. The maximum atomic E-state index is 13.3. The molecule has 0 bridgehead atoms. The number of fused-ring (bicyclic) bond motifs is 2. The van der Waals surface area contributed by atoms with Crippen LogP contribution in [0.4, 0.5) is 5.82 Å². The molecule has 7 heteroatoms. The number of hydrogen-bond donors (Lipinski definition) is 1. The Morgan fingerprint density at radius 3 is 2.89 bits per heavy atom. The molecule has 1 N–H and O–H groups in total. The molecule has 0 aromatic carbocycles. The van der Waals surface area contributed by atoms with E-state index in [2.05, 4.69) is 20.6 Å². The first kappa shape index (κ1) is 16.5. The molecule has 2 aliphatic rings. The Morgan fingerprint density at radius 1 is 1.33 bits per heavy atom. The van der Waals surface area contributed by atoms with E-state index in [1.165, 1.54) is 0 Å². The van der Waals surface area contributed by atoms with Gasteiger partial charge in [0.05, 0.1) is 22.3 Å². The van der Waals surface area contributed by atoms with Crippen LogP contribution in [0.5, 0.6) is 0 Å². The number of nitrogens with one attached hydrogen (secondary N) is 1. The van der Waals surface area contributed by atoms with Crippen molar-refractivity contribution >= 4 is 22.8 Å². The lowest BCUT2D eigenvalue weighted by molar-refractivity contribution is 0.102. The quantitative estimate of drug-likeness (QED) is 0.762. The number of aromatic nitrogens is 4. The third-order valence-electron chi connectivity index (χ3n) is 5.58. The fraction of sp³-hybridized carbons (Fsp3) is 0.500. The summed E-state index contributed by atoms with van der Waals surface area (Å²) in [6.07, 6.45) is 5.26. The van der Waals surface area contributed by atoms with Crippen molar-refractivity contribution in [3.8, 4) is 0 Å². The largest absolute Gasteiger partial charge is 0.335 e. The first-order valence-electron chi connectivity index (χ1n) is 9.69. The molecule has 0 atom stereocenters. The maximum absolute atomic E-state index is 13.3. The van der Waals surface area contributed by atoms with Crippen LogP contribution in [0.3, 0.4) is 0 Å². The van der Waals surface area contributed by atoms with Crippen LogP contribution in [-0.2, 0) is 19.9 Å². The van der Waals surface area contributed by atoms with Crippen LogP contribution in [0.15, 0.2) is 10.6 Å². The van der Waals surface area contributed by atoms with E-state index < -0.39 is 0 Å². The summed E-state index contributed by atoms with van der Waals surface area (Å²) in [6.45, 7) is 4.09. The fourth-order valence-corrected chi connectivity index (χ4v) is 4.00. The number of anilines is 1. The Balaban J connectivity index is 1.60. The summed E-state index contributed by atoms with van der Waals surface area (Å²) in [4.78, 5) is 17.9. The summed E-state index contributed by atoms with van der Waals surface area (Å²) in [7, 11) is 1.88. The first-order chi connectivity index (χ1) is 13.0. The lowest BCUT2D eigenvalue weighted by atomic mass is 10.0. The van der Waals surface area contributed by atoms with Crippen molar-refractivity contribution in [2.24, 2.45) is 7.05 Å². The van der Waals surface area contributed by atoms with Crippen LogP contribution in [0.2, 0.25) is 0 Å². The van der Waals surface area contributed by atoms with Crippen LogP contribution in [0, 0.1) is 0 Å². The van der Waals surface area contributed by atoms with Gasteiger partial charge in [0.15, 0.2) is 0 Å². The minimum atomic E-state index is -0.146. The van der Waals surface area contributed by atoms with Crippen molar-refractivity contribution in [1.82, 2.24) is 19.9 Å². The number of carbonyl (C=O) groups is 1. The van der Waals surface area contributed by atoms with Gasteiger partial charge >= 0.3 is 0 Å². The van der Waals surface area contributed by atoms with E-state index >= 15 is 0 Å². The van der Waals surface area contributed by atoms with Gasteiger partial charge in [0.1, 0.15) is 5.82 Å².